The summed E-state index contributed by atoms with van der Waals surface area (Å²) in [5.74, 6) is -2.38. The van der Waals surface area contributed by atoms with Crippen LogP contribution in [0.4, 0.5) is 23.2 Å². The van der Waals surface area contributed by atoms with Crippen LogP contribution in [0.1, 0.15) is 21.5 Å². The lowest BCUT2D eigenvalue weighted by molar-refractivity contribution is -0.138. The van der Waals surface area contributed by atoms with Crippen LogP contribution in [-0.4, -0.2) is 23.6 Å². The van der Waals surface area contributed by atoms with Crippen molar-refractivity contribution in [2.45, 2.75) is 12.7 Å². The Balaban J connectivity index is 2.04. The zero-order chi connectivity index (χ0) is 19.8. The lowest BCUT2D eigenvalue weighted by Gasteiger charge is -2.30. The monoisotopic (exact) mass is 384 g/mol. The first-order valence-corrected chi connectivity index (χ1v) is 7.58. The van der Waals surface area contributed by atoms with E-state index >= 15 is 0 Å². The number of carbonyl (C=O) groups excluding carboxylic acids is 2. The SMILES string of the molecule is O=C(NO)c1ccc2c(c1)N(Cc1ccc(F)cc1C(F)(F)F)C(=O)CO2. The standard InChI is InChI=1S/C17H12F4N2O4/c18-11-3-1-10(12(6-11)17(19,20)21)7-23-13-5-9(16(25)22-26)2-4-14(13)27-8-15(23)24/h1-6,26H,7-8H2,(H,22,25). The van der Waals surface area contributed by atoms with E-state index in [-0.39, 0.29) is 22.6 Å². The number of amides is 2. The highest BCUT2D eigenvalue weighted by molar-refractivity contribution is 6.01. The summed E-state index contributed by atoms with van der Waals surface area (Å²) < 4.78 is 58.2. The molecule has 0 aliphatic carbocycles. The molecule has 27 heavy (non-hydrogen) atoms. The van der Waals surface area contributed by atoms with E-state index in [1.807, 2.05) is 0 Å². The number of benzene rings is 2. The zero-order valence-corrected chi connectivity index (χ0v) is 13.5. The highest BCUT2D eigenvalue weighted by Crippen LogP contribution is 2.37. The number of nitrogens with zero attached hydrogens (tertiary/aromatic N) is 1. The van der Waals surface area contributed by atoms with Crippen molar-refractivity contribution in [3.05, 3.63) is 58.9 Å². The van der Waals surface area contributed by atoms with E-state index in [4.69, 9.17) is 9.94 Å². The van der Waals surface area contributed by atoms with Gasteiger partial charge in [0.15, 0.2) is 6.61 Å². The van der Waals surface area contributed by atoms with Gasteiger partial charge < -0.3 is 9.64 Å². The summed E-state index contributed by atoms with van der Waals surface area (Å²) in [6, 6.07) is 6.05. The molecule has 2 N–H and O–H groups in total. The Labute approximate surface area is 149 Å². The van der Waals surface area contributed by atoms with Crippen LogP contribution < -0.4 is 15.1 Å². The topological polar surface area (TPSA) is 78.9 Å². The molecule has 3 rings (SSSR count). The maximum absolute atomic E-state index is 13.3. The number of nitrogens with one attached hydrogen (secondary N) is 1. The molecule has 0 fully saturated rings. The summed E-state index contributed by atoms with van der Waals surface area (Å²) in [6.45, 7) is -0.907. The molecule has 1 heterocycles. The average Bonchev–Trinajstić information content (AvgIpc) is 2.63. The molecule has 0 atom stereocenters. The molecule has 0 unspecified atom stereocenters. The molecular formula is C17H12F4N2O4. The van der Waals surface area contributed by atoms with Crippen LogP contribution in [0.5, 0.6) is 5.75 Å². The third kappa shape index (κ3) is 3.70. The molecule has 0 spiro atoms. The van der Waals surface area contributed by atoms with E-state index in [9.17, 15) is 27.2 Å². The van der Waals surface area contributed by atoms with Gasteiger partial charge in [-0.05, 0) is 35.9 Å². The summed E-state index contributed by atoms with van der Waals surface area (Å²) in [5.41, 5.74) is -0.0660. The molecule has 0 radical (unpaired) electrons. The lowest BCUT2D eigenvalue weighted by Crippen LogP contribution is -2.39. The van der Waals surface area contributed by atoms with Crippen molar-refractivity contribution in [2.75, 3.05) is 11.5 Å². The minimum absolute atomic E-state index is 0.0327. The Morgan fingerprint density at radius 3 is 2.63 bits per heavy atom. The van der Waals surface area contributed by atoms with E-state index in [1.54, 1.807) is 0 Å². The van der Waals surface area contributed by atoms with Gasteiger partial charge in [0.2, 0.25) is 0 Å². The van der Waals surface area contributed by atoms with Crippen LogP contribution in [0.3, 0.4) is 0 Å². The normalized spacial score (nSPS) is 13.8. The van der Waals surface area contributed by atoms with Gasteiger partial charge in [0.1, 0.15) is 11.6 Å². The van der Waals surface area contributed by atoms with Crippen molar-refractivity contribution in [1.29, 1.82) is 0 Å². The molecular weight excluding hydrogens is 372 g/mol. The van der Waals surface area contributed by atoms with Gasteiger partial charge in [0.25, 0.3) is 11.8 Å². The van der Waals surface area contributed by atoms with Crippen molar-refractivity contribution in [1.82, 2.24) is 5.48 Å². The van der Waals surface area contributed by atoms with Crippen LogP contribution in [0.15, 0.2) is 36.4 Å². The molecule has 6 nitrogen and oxygen atoms in total. The van der Waals surface area contributed by atoms with Crippen LogP contribution in [0.25, 0.3) is 0 Å². The summed E-state index contributed by atoms with van der Waals surface area (Å²) in [6.07, 6.45) is -4.81. The molecule has 0 aromatic heterocycles. The van der Waals surface area contributed by atoms with Gasteiger partial charge in [-0.1, -0.05) is 6.07 Å². The third-order valence-electron chi connectivity index (χ3n) is 3.97. The van der Waals surface area contributed by atoms with Gasteiger partial charge in [-0.2, -0.15) is 13.2 Å². The Bertz CT molecular complexity index is 914. The molecule has 1 aliphatic heterocycles. The van der Waals surface area contributed by atoms with Crippen molar-refractivity contribution < 1.29 is 37.1 Å². The molecule has 10 heteroatoms. The fraction of sp³-hybridized carbons (Fsp3) is 0.176. The van der Waals surface area contributed by atoms with Crippen molar-refractivity contribution >= 4 is 17.5 Å². The summed E-state index contributed by atoms with van der Waals surface area (Å²) in [5, 5.41) is 8.73. The number of fused-ring (bicyclic) bond motifs is 1. The number of hydroxylamine groups is 1. The van der Waals surface area contributed by atoms with Crippen LogP contribution in [-0.2, 0) is 17.5 Å². The number of halogens is 4. The summed E-state index contributed by atoms with van der Waals surface area (Å²) in [4.78, 5) is 24.8. The predicted octanol–water partition coefficient (Wildman–Crippen LogP) is 2.89. The van der Waals surface area contributed by atoms with Crippen molar-refractivity contribution in [2.24, 2.45) is 0 Å². The first kappa shape index (κ1) is 18.6. The van der Waals surface area contributed by atoms with Crippen molar-refractivity contribution in [3.8, 4) is 5.75 Å². The van der Waals surface area contributed by atoms with Gasteiger partial charge in [0.05, 0.1) is 17.8 Å². The number of ether oxygens (including phenoxy) is 1. The fourth-order valence-corrected chi connectivity index (χ4v) is 2.70. The third-order valence-corrected chi connectivity index (χ3v) is 3.97. The first-order valence-electron chi connectivity index (χ1n) is 7.58. The molecule has 2 aromatic rings. The quantitative estimate of drug-likeness (QED) is 0.485. The first-order chi connectivity index (χ1) is 12.7. The number of hydrogen-bond acceptors (Lipinski definition) is 4. The van der Waals surface area contributed by atoms with E-state index in [1.165, 1.54) is 23.7 Å². The molecule has 0 bridgehead atoms. The summed E-state index contributed by atoms with van der Waals surface area (Å²) >= 11 is 0. The van der Waals surface area contributed by atoms with Gasteiger partial charge in [-0.25, -0.2) is 9.87 Å². The van der Waals surface area contributed by atoms with Gasteiger partial charge in [-0.3, -0.25) is 14.8 Å². The Hall–Kier alpha value is -3.14. The average molecular weight is 384 g/mol. The highest BCUT2D eigenvalue weighted by Gasteiger charge is 2.35. The van der Waals surface area contributed by atoms with Gasteiger partial charge >= 0.3 is 6.18 Å². The van der Waals surface area contributed by atoms with Crippen molar-refractivity contribution in [3.63, 3.8) is 0 Å². The largest absolute Gasteiger partial charge is 0.482 e. The molecule has 2 amide bonds. The maximum Gasteiger partial charge on any atom is 0.416 e. The number of rotatable bonds is 3. The second kappa shape index (κ2) is 6.88. The van der Waals surface area contributed by atoms with Crippen LogP contribution in [0.2, 0.25) is 0 Å². The maximum atomic E-state index is 13.3. The molecule has 0 saturated carbocycles. The molecule has 142 valence electrons. The summed E-state index contributed by atoms with van der Waals surface area (Å²) in [7, 11) is 0. The Morgan fingerprint density at radius 1 is 1.22 bits per heavy atom. The fourth-order valence-electron chi connectivity index (χ4n) is 2.70. The van der Waals surface area contributed by atoms with Crippen LogP contribution in [0, 0.1) is 5.82 Å². The van der Waals surface area contributed by atoms with E-state index in [0.717, 1.165) is 17.0 Å². The van der Waals surface area contributed by atoms with E-state index < -0.39 is 42.5 Å². The minimum atomic E-state index is -4.81. The highest BCUT2D eigenvalue weighted by atomic mass is 19.4. The zero-order valence-electron chi connectivity index (χ0n) is 13.5. The molecule has 1 aliphatic rings. The Morgan fingerprint density at radius 2 is 1.96 bits per heavy atom. The predicted molar refractivity (Wildman–Crippen MR) is 83.8 cm³/mol. The second-order valence-electron chi connectivity index (χ2n) is 5.69. The minimum Gasteiger partial charge on any atom is -0.482 e. The molecule has 0 saturated heterocycles. The number of anilines is 1. The number of alkyl halides is 3. The molecule has 2 aromatic carbocycles. The van der Waals surface area contributed by atoms with E-state index in [2.05, 4.69) is 0 Å². The van der Waals surface area contributed by atoms with E-state index in [0.29, 0.717) is 6.07 Å². The number of hydrogen-bond donors (Lipinski definition) is 2. The Kier molecular flexibility index (Phi) is 4.75. The lowest BCUT2D eigenvalue weighted by atomic mass is 10.0. The second-order valence-corrected chi connectivity index (χ2v) is 5.69. The number of carbonyl (C=O) groups is 2. The smallest absolute Gasteiger partial charge is 0.416 e. The van der Waals surface area contributed by atoms with Crippen LogP contribution >= 0.6 is 0 Å². The van der Waals surface area contributed by atoms with Gasteiger partial charge in [0, 0.05) is 5.56 Å². The van der Waals surface area contributed by atoms with Gasteiger partial charge in [-0.15, -0.1) is 0 Å².